The molecule has 0 aromatic heterocycles. The third-order valence-corrected chi connectivity index (χ3v) is 5.71. The van der Waals surface area contributed by atoms with E-state index in [1.807, 2.05) is 0 Å². The van der Waals surface area contributed by atoms with Crippen LogP contribution in [0.5, 0.6) is 0 Å². The molecule has 2 fully saturated rings. The van der Waals surface area contributed by atoms with Crippen molar-refractivity contribution in [1.29, 1.82) is 0 Å². The highest BCUT2D eigenvalue weighted by molar-refractivity contribution is 5.70. The van der Waals surface area contributed by atoms with Crippen molar-refractivity contribution in [3.63, 3.8) is 0 Å². The first-order chi connectivity index (χ1) is 9.09. The summed E-state index contributed by atoms with van der Waals surface area (Å²) in [6.07, 6.45) is 11.1. The van der Waals surface area contributed by atoms with Crippen LogP contribution in [0, 0.1) is 29.6 Å². The van der Waals surface area contributed by atoms with Gasteiger partial charge in [0.2, 0.25) is 0 Å². The van der Waals surface area contributed by atoms with Gasteiger partial charge < -0.3 is 5.11 Å². The van der Waals surface area contributed by atoms with Crippen LogP contribution in [-0.2, 0) is 4.79 Å². The Hall–Kier alpha value is -0.530. The van der Waals surface area contributed by atoms with Gasteiger partial charge in [-0.05, 0) is 42.9 Å². The van der Waals surface area contributed by atoms with E-state index in [1.54, 1.807) is 0 Å². The number of hydrogen-bond acceptors (Lipinski definition) is 1. The van der Waals surface area contributed by atoms with E-state index in [1.165, 1.54) is 44.9 Å². The molecule has 3 unspecified atom stereocenters. The van der Waals surface area contributed by atoms with E-state index in [2.05, 4.69) is 13.8 Å². The summed E-state index contributed by atoms with van der Waals surface area (Å²) in [6.45, 7) is 4.60. The molecule has 110 valence electrons. The second-order valence-electron chi connectivity index (χ2n) is 7.18. The van der Waals surface area contributed by atoms with Gasteiger partial charge in [0.1, 0.15) is 0 Å². The van der Waals surface area contributed by atoms with Crippen molar-refractivity contribution in [2.24, 2.45) is 29.6 Å². The third kappa shape index (κ3) is 3.73. The average molecular weight is 266 g/mol. The Morgan fingerprint density at radius 1 is 1.00 bits per heavy atom. The lowest BCUT2D eigenvalue weighted by atomic mass is 9.65. The quantitative estimate of drug-likeness (QED) is 0.750. The number of carboxylic acids is 1. The van der Waals surface area contributed by atoms with Gasteiger partial charge in [-0.15, -0.1) is 0 Å². The molecule has 0 amide bonds. The van der Waals surface area contributed by atoms with Gasteiger partial charge in [0, 0.05) is 0 Å². The zero-order valence-corrected chi connectivity index (χ0v) is 12.6. The molecule has 0 aromatic carbocycles. The normalized spacial score (nSPS) is 34.2. The molecule has 0 bridgehead atoms. The Kier molecular flexibility index (Phi) is 5.29. The summed E-state index contributed by atoms with van der Waals surface area (Å²) in [7, 11) is 0. The number of hydrogen-bond donors (Lipinski definition) is 1. The Labute approximate surface area is 118 Å². The second-order valence-corrected chi connectivity index (χ2v) is 7.18. The van der Waals surface area contributed by atoms with E-state index in [9.17, 15) is 9.90 Å². The minimum Gasteiger partial charge on any atom is -0.481 e. The fourth-order valence-electron chi connectivity index (χ4n) is 4.41. The monoisotopic (exact) mass is 266 g/mol. The van der Waals surface area contributed by atoms with Gasteiger partial charge in [0.05, 0.1) is 5.92 Å². The lowest BCUT2D eigenvalue weighted by Gasteiger charge is -2.40. The van der Waals surface area contributed by atoms with Gasteiger partial charge in [0.25, 0.3) is 0 Å². The number of rotatable bonds is 3. The maximum Gasteiger partial charge on any atom is 0.306 e. The molecule has 0 aromatic rings. The highest BCUT2D eigenvalue weighted by atomic mass is 16.4. The van der Waals surface area contributed by atoms with Crippen LogP contribution in [0.1, 0.15) is 71.6 Å². The van der Waals surface area contributed by atoms with Crippen LogP contribution in [0.3, 0.4) is 0 Å². The van der Waals surface area contributed by atoms with Crippen LogP contribution in [-0.4, -0.2) is 11.1 Å². The summed E-state index contributed by atoms with van der Waals surface area (Å²) in [5, 5.41) is 9.53. The first kappa shape index (κ1) is 14.9. The summed E-state index contributed by atoms with van der Waals surface area (Å²) in [5.74, 6) is 2.02. The summed E-state index contributed by atoms with van der Waals surface area (Å²) in [5.41, 5.74) is 0. The zero-order chi connectivity index (χ0) is 13.8. The first-order valence-corrected chi connectivity index (χ1v) is 8.32. The third-order valence-electron chi connectivity index (χ3n) is 5.71. The smallest absolute Gasteiger partial charge is 0.306 e. The SMILES string of the molecule is CC(C)C1CCC(C(=O)O)C(C2CCCCCC2)C1. The summed E-state index contributed by atoms with van der Waals surface area (Å²) in [6, 6.07) is 0. The van der Waals surface area contributed by atoms with Crippen molar-refractivity contribution in [3.8, 4) is 0 Å². The Balaban J connectivity index is 2.07. The van der Waals surface area contributed by atoms with E-state index in [0.717, 1.165) is 18.8 Å². The lowest BCUT2D eigenvalue weighted by Crippen LogP contribution is -2.36. The standard InChI is InChI=1S/C17H30O2/c1-12(2)14-9-10-15(17(18)19)16(11-14)13-7-5-3-4-6-8-13/h12-16H,3-11H2,1-2H3,(H,18,19). The molecule has 1 N–H and O–H groups in total. The minimum absolute atomic E-state index is 0.0573. The molecule has 2 heteroatoms. The molecule has 19 heavy (non-hydrogen) atoms. The molecular weight excluding hydrogens is 236 g/mol. The molecule has 0 heterocycles. The maximum absolute atomic E-state index is 11.6. The lowest BCUT2D eigenvalue weighted by molar-refractivity contribution is -0.147. The van der Waals surface area contributed by atoms with E-state index in [4.69, 9.17) is 0 Å². The molecule has 0 spiro atoms. The fourth-order valence-corrected chi connectivity index (χ4v) is 4.41. The molecule has 3 atom stereocenters. The zero-order valence-electron chi connectivity index (χ0n) is 12.6. The highest BCUT2D eigenvalue weighted by Gasteiger charge is 2.39. The molecule has 0 saturated heterocycles. The molecule has 2 aliphatic rings. The van der Waals surface area contributed by atoms with Crippen molar-refractivity contribution >= 4 is 5.97 Å². The minimum atomic E-state index is -0.531. The van der Waals surface area contributed by atoms with Gasteiger partial charge in [-0.1, -0.05) is 52.4 Å². The highest BCUT2D eigenvalue weighted by Crippen LogP contribution is 2.44. The Bertz CT molecular complexity index is 290. The summed E-state index contributed by atoms with van der Waals surface area (Å²) >= 11 is 0. The summed E-state index contributed by atoms with van der Waals surface area (Å²) in [4.78, 5) is 11.6. The molecular formula is C17H30O2. The molecule has 2 nitrogen and oxygen atoms in total. The van der Waals surface area contributed by atoms with E-state index in [-0.39, 0.29) is 5.92 Å². The van der Waals surface area contributed by atoms with E-state index < -0.39 is 5.97 Å². The maximum atomic E-state index is 11.6. The average Bonchev–Trinajstić information content (AvgIpc) is 2.66. The van der Waals surface area contributed by atoms with Gasteiger partial charge in [-0.3, -0.25) is 4.79 Å². The first-order valence-electron chi connectivity index (χ1n) is 8.32. The predicted octanol–water partition coefficient (Wildman–Crippen LogP) is 4.73. The molecule has 0 radical (unpaired) electrons. The van der Waals surface area contributed by atoms with Crippen molar-refractivity contribution in [2.45, 2.75) is 71.6 Å². The van der Waals surface area contributed by atoms with E-state index >= 15 is 0 Å². The molecule has 2 rings (SSSR count). The van der Waals surface area contributed by atoms with E-state index in [0.29, 0.717) is 17.8 Å². The van der Waals surface area contributed by atoms with Crippen LogP contribution in [0.25, 0.3) is 0 Å². The predicted molar refractivity (Wildman–Crippen MR) is 78.0 cm³/mol. The molecule has 2 saturated carbocycles. The fraction of sp³-hybridized carbons (Fsp3) is 0.941. The Morgan fingerprint density at radius 2 is 1.63 bits per heavy atom. The van der Waals surface area contributed by atoms with Crippen molar-refractivity contribution in [3.05, 3.63) is 0 Å². The van der Waals surface area contributed by atoms with Crippen molar-refractivity contribution < 1.29 is 9.90 Å². The second kappa shape index (κ2) is 6.76. The van der Waals surface area contributed by atoms with Gasteiger partial charge in [-0.25, -0.2) is 0 Å². The van der Waals surface area contributed by atoms with Crippen LogP contribution in [0.4, 0.5) is 0 Å². The van der Waals surface area contributed by atoms with Crippen LogP contribution in [0.15, 0.2) is 0 Å². The van der Waals surface area contributed by atoms with Crippen molar-refractivity contribution in [2.75, 3.05) is 0 Å². The van der Waals surface area contributed by atoms with Crippen LogP contribution in [0.2, 0.25) is 0 Å². The topological polar surface area (TPSA) is 37.3 Å². The van der Waals surface area contributed by atoms with Crippen LogP contribution >= 0.6 is 0 Å². The largest absolute Gasteiger partial charge is 0.481 e. The number of carbonyl (C=O) groups is 1. The molecule has 2 aliphatic carbocycles. The van der Waals surface area contributed by atoms with Gasteiger partial charge in [0.15, 0.2) is 0 Å². The molecule has 0 aliphatic heterocycles. The van der Waals surface area contributed by atoms with Gasteiger partial charge >= 0.3 is 5.97 Å². The summed E-state index contributed by atoms with van der Waals surface area (Å²) < 4.78 is 0. The van der Waals surface area contributed by atoms with Crippen molar-refractivity contribution in [1.82, 2.24) is 0 Å². The number of carboxylic acid groups (broad SMARTS) is 1. The van der Waals surface area contributed by atoms with Crippen LogP contribution < -0.4 is 0 Å². The Morgan fingerprint density at radius 3 is 2.16 bits per heavy atom. The van der Waals surface area contributed by atoms with Gasteiger partial charge in [-0.2, -0.15) is 0 Å². The number of aliphatic carboxylic acids is 1.